The van der Waals surface area contributed by atoms with E-state index in [4.69, 9.17) is 14.8 Å². The van der Waals surface area contributed by atoms with Crippen LogP contribution in [0.25, 0.3) is 11.0 Å². The topological polar surface area (TPSA) is 75.6 Å². The second kappa shape index (κ2) is 7.03. The van der Waals surface area contributed by atoms with Gasteiger partial charge in [-0.3, -0.25) is 4.79 Å². The normalized spacial score (nSPS) is 15.9. The van der Waals surface area contributed by atoms with E-state index in [-0.39, 0.29) is 5.92 Å². The minimum Gasteiger partial charge on any atom is -0.481 e. The Labute approximate surface area is 141 Å². The van der Waals surface area contributed by atoms with Crippen LogP contribution < -0.4 is 9.64 Å². The summed E-state index contributed by atoms with van der Waals surface area (Å²) in [7, 11) is 0. The number of anilines is 1. The first kappa shape index (κ1) is 16.5. The summed E-state index contributed by atoms with van der Waals surface area (Å²) >= 11 is 0. The Hall–Kier alpha value is -2.37. The zero-order valence-electron chi connectivity index (χ0n) is 14.1. The fraction of sp³-hybridized carbons (Fsp3) is 0.500. The first-order valence-corrected chi connectivity index (χ1v) is 8.42. The molecule has 24 heavy (non-hydrogen) atoms. The average Bonchev–Trinajstić information content (AvgIpc) is 2.59. The molecule has 0 aliphatic carbocycles. The van der Waals surface area contributed by atoms with Crippen LogP contribution in [0.15, 0.2) is 24.3 Å². The largest absolute Gasteiger partial charge is 0.481 e. The maximum absolute atomic E-state index is 11.1. The number of aliphatic carboxylic acids is 1. The van der Waals surface area contributed by atoms with Crippen molar-refractivity contribution in [3.05, 3.63) is 24.3 Å². The van der Waals surface area contributed by atoms with Crippen LogP contribution in [-0.4, -0.2) is 40.7 Å². The minimum atomic E-state index is -0.712. The van der Waals surface area contributed by atoms with Crippen molar-refractivity contribution in [1.82, 2.24) is 9.97 Å². The Bertz CT molecular complexity index is 725. The van der Waals surface area contributed by atoms with Crippen LogP contribution in [0.5, 0.6) is 5.88 Å². The van der Waals surface area contributed by atoms with E-state index in [1.807, 2.05) is 24.3 Å². The highest BCUT2D eigenvalue weighted by Gasteiger charge is 2.27. The van der Waals surface area contributed by atoms with Gasteiger partial charge in [-0.15, -0.1) is 0 Å². The van der Waals surface area contributed by atoms with Crippen LogP contribution in [-0.2, 0) is 4.79 Å². The van der Waals surface area contributed by atoms with Gasteiger partial charge in [-0.1, -0.05) is 26.0 Å². The van der Waals surface area contributed by atoms with E-state index in [0.717, 1.165) is 16.9 Å². The smallest absolute Gasteiger partial charge is 0.306 e. The quantitative estimate of drug-likeness (QED) is 0.909. The van der Waals surface area contributed by atoms with Gasteiger partial charge in [0, 0.05) is 13.1 Å². The summed E-state index contributed by atoms with van der Waals surface area (Å²) in [6.07, 6.45) is 1.24. The molecule has 2 aromatic rings. The molecule has 6 nitrogen and oxygen atoms in total. The third kappa shape index (κ3) is 3.58. The van der Waals surface area contributed by atoms with E-state index in [1.54, 1.807) is 0 Å². The molecule has 1 aliphatic heterocycles. The molecule has 0 bridgehead atoms. The summed E-state index contributed by atoms with van der Waals surface area (Å²) < 4.78 is 5.90. The third-order valence-corrected chi connectivity index (χ3v) is 4.22. The van der Waals surface area contributed by atoms with Crippen LogP contribution in [0.3, 0.4) is 0 Å². The Morgan fingerprint density at radius 2 is 1.88 bits per heavy atom. The summed E-state index contributed by atoms with van der Waals surface area (Å²) in [5.74, 6) is 0.670. The standard InChI is InChI=1S/C18H23N3O3/c1-12(2)11-24-17-16(19-14-5-3-4-6-15(14)20-17)21-9-7-13(8-10-21)18(22)23/h3-6,12-13H,7-11H2,1-2H3,(H,22,23). The van der Waals surface area contributed by atoms with Gasteiger partial charge in [-0.05, 0) is 30.9 Å². The number of para-hydroxylation sites is 2. The van der Waals surface area contributed by atoms with Crippen LogP contribution in [0.1, 0.15) is 26.7 Å². The number of nitrogens with zero attached hydrogens (tertiary/aromatic N) is 3. The summed E-state index contributed by atoms with van der Waals surface area (Å²) in [6, 6.07) is 7.72. The molecule has 128 valence electrons. The number of carbonyl (C=O) groups is 1. The summed E-state index contributed by atoms with van der Waals surface area (Å²) in [5.41, 5.74) is 1.63. The number of hydrogen-bond acceptors (Lipinski definition) is 5. The fourth-order valence-electron chi connectivity index (χ4n) is 2.86. The minimum absolute atomic E-state index is 0.269. The predicted molar refractivity (Wildman–Crippen MR) is 92.4 cm³/mol. The lowest BCUT2D eigenvalue weighted by molar-refractivity contribution is -0.142. The Morgan fingerprint density at radius 3 is 2.46 bits per heavy atom. The van der Waals surface area contributed by atoms with Gasteiger partial charge in [-0.2, -0.15) is 0 Å². The van der Waals surface area contributed by atoms with Gasteiger partial charge in [0.05, 0.1) is 23.6 Å². The summed E-state index contributed by atoms with van der Waals surface area (Å²) in [6.45, 7) is 6.06. The third-order valence-electron chi connectivity index (χ3n) is 4.22. The van der Waals surface area contributed by atoms with Gasteiger partial charge in [-0.25, -0.2) is 9.97 Å². The van der Waals surface area contributed by atoms with E-state index >= 15 is 0 Å². The molecule has 0 spiro atoms. The molecule has 1 aliphatic rings. The second-order valence-corrected chi connectivity index (χ2v) is 6.65. The van der Waals surface area contributed by atoms with E-state index < -0.39 is 5.97 Å². The van der Waals surface area contributed by atoms with Crippen LogP contribution in [0, 0.1) is 11.8 Å². The first-order valence-electron chi connectivity index (χ1n) is 8.42. The number of carboxylic acid groups (broad SMARTS) is 1. The van der Waals surface area contributed by atoms with Crippen molar-refractivity contribution in [3.63, 3.8) is 0 Å². The highest BCUT2D eigenvalue weighted by molar-refractivity contribution is 5.77. The van der Waals surface area contributed by atoms with E-state index in [2.05, 4.69) is 23.7 Å². The molecule has 0 amide bonds. The molecule has 0 radical (unpaired) electrons. The Balaban J connectivity index is 1.89. The molecule has 1 saturated heterocycles. The molecule has 0 saturated carbocycles. The van der Waals surface area contributed by atoms with E-state index in [1.165, 1.54) is 0 Å². The molecule has 1 fully saturated rings. The highest BCUT2D eigenvalue weighted by atomic mass is 16.5. The summed E-state index contributed by atoms with van der Waals surface area (Å²) in [5, 5.41) is 9.17. The Kier molecular flexibility index (Phi) is 4.83. The van der Waals surface area contributed by atoms with Gasteiger partial charge in [0.15, 0.2) is 5.82 Å². The lowest BCUT2D eigenvalue weighted by atomic mass is 9.97. The van der Waals surface area contributed by atoms with Crippen LogP contribution in [0.4, 0.5) is 5.82 Å². The van der Waals surface area contributed by atoms with Crippen molar-refractivity contribution in [3.8, 4) is 5.88 Å². The van der Waals surface area contributed by atoms with E-state index in [0.29, 0.717) is 44.3 Å². The first-order chi connectivity index (χ1) is 11.5. The predicted octanol–water partition coefficient (Wildman–Crippen LogP) is 2.97. The molecular formula is C18H23N3O3. The van der Waals surface area contributed by atoms with Gasteiger partial charge in [0.25, 0.3) is 5.88 Å². The lowest BCUT2D eigenvalue weighted by Crippen LogP contribution is -2.37. The average molecular weight is 329 g/mol. The number of benzene rings is 1. The number of carboxylic acids is 1. The number of hydrogen-bond donors (Lipinski definition) is 1. The number of ether oxygens (including phenoxy) is 1. The zero-order valence-corrected chi connectivity index (χ0v) is 14.1. The molecule has 6 heteroatoms. The molecular weight excluding hydrogens is 306 g/mol. The molecule has 0 unspecified atom stereocenters. The second-order valence-electron chi connectivity index (χ2n) is 6.65. The molecule has 1 aromatic carbocycles. The molecule has 0 atom stereocenters. The molecule has 1 N–H and O–H groups in total. The lowest BCUT2D eigenvalue weighted by Gasteiger charge is -2.31. The number of piperidine rings is 1. The van der Waals surface area contributed by atoms with Crippen molar-refractivity contribution in [2.24, 2.45) is 11.8 Å². The zero-order chi connectivity index (χ0) is 17.1. The van der Waals surface area contributed by atoms with Crippen molar-refractivity contribution in [2.75, 3.05) is 24.6 Å². The van der Waals surface area contributed by atoms with Gasteiger partial charge in [0.2, 0.25) is 0 Å². The van der Waals surface area contributed by atoms with E-state index in [9.17, 15) is 4.79 Å². The van der Waals surface area contributed by atoms with Gasteiger partial charge >= 0.3 is 5.97 Å². The number of fused-ring (bicyclic) bond motifs is 1. The Morgan fingerprint density at radius 1 is 1.25 bits per heavy atom. The maximum atomic E-state index is 11.1. The van der Waals surface area contributed by atoms with Crippen LogP contribution >= 0.6 is 0 Å². The monoisotopic (exact) mass is 329 g/mol. The number of rotatable bonds is 5. The fourth-order valence-corrected chi connectivity index (χ4v) is 2.86. The number of aromatic nitrogens is 2. The van der Waals surface area contributed by atoms with Crippen molar-refractivity contribution in [2.45, 2.75) is 26.7 Å². The SMILES string of the molecule is CC(C)COc1nc2ccccc2nc1N1CCC(C(=O)O)CC1. The van der Waals surface area contributed by atoms with Crippen LogP contribution in [0.2, 0.25) is 0 Å². The van der Waals surface area contributed by atoms with Gasteiger partial charge in [0.1, 0.15) is 0 Å². The maximum Gasteiger partial charge on any atom is 0.306 e. The summed E-state index contributed by atoms with van der Waals surface area (Å²) in [4.78, 5) is 22.6. The van der Waals surface area contributed by atoms with Crippen molar-refractivity contribution < 1.29 is 14.6 Å². The molecule has 1 aromatic heterocycles. The molecule has 2 heterocycles. The van der Waals surface area contributed by atoms with Gasteiger partial charge < -0.3 is 14.7 Å². The van der Waals surface area contributed by atoms with Crippen molar-refractivity contribution in [1.29, 1.82) is 0 Å². The molecule has 3 rings (SSSR count). The highest BCUT2D eigenvalue weighted by Crippen LogP contribution is 2.30. The van der Waals surface area contributed by atoms with Crippen molar-refractivity contribution >= 4 is 22.8 Å².